The fourth-order valence-corrected chi connectivity index (χ4v) is 4.18. The molecule has 2 aromatic carbocycles. The van der Waals surface area contributed by atoms with Crippen LogP contribution in [0.2, 0.25) is 0 Å². The predicted octanol–water partition coefficient (Wildman–Crippen LogP) is 2.03. The first-order valence-corrected chi connectivity index (χ1v) is 9.08. The Kier molecular flexibility index (Phi) is 5.46. The van der Waals surface area contributed by atoms with Gasteiger partial charge in [0.1, 0.15) is 5.41 Å². The quantitative estimate of drug-likeness (QED) is 0.547. The van der Waals surface area contributed by atoms with Gasteiger partial charge >= 0.3 is 5.97 Å². The van der Waals surface area contributed by atoms with Crippen LogP contribution in [0.25, 0.3) is 0 Å². The van der Waals surface area contributed by atoms with Crippen LogP contribution >= 0.6 is 0 Å². The maximum atomic E-state index is 12.7. The minimum atomic E-state index is -1.31. The van der Waals surface area contributed by atoms with Crippen molar-refractivity contribution in [1.29, 1.82) is 0 Å². The predicted molar refractivity (Wildman–Crippen MR) is 106 cm³/mol. The number of nitrogens with two attached hydrogens (primary N) is 1. The van der Waals surface area contributed by atoms with Gasteiger partial charge < -0.3 is 21.5 Å². The molecule has 0 unspecified atom stereocenters. The van der Waals surface area contributed by atoms with E-state index in [1.807, 2.05) is 12.1 Å². The highest BCUT2D eigenvalue weighted by atomic mass is 16.4. The van der Waals surface area contributed by atoms with Gasteiger partial charge in [-0.2, -0.15) is 0 Å². The van der Waals surface area contributed by atoms with Crippen LogP contribution in [0.3, 0.4) is 0 Å². The summed E-state index contributed by atoms with van der Waals surface area (Å²) in [6, 6.07) is 10.2. The molecule has 7 heteroatoms. The molecule has 2 amide bonds. The fraction of sp³-hybridized carbons (Fsp3) is 0.286. The molecule has 0 radical (unpaired) electrons. The Morgan fingerprint density at radius 1 is 1.07 bits per heavy atom. The van der Waals surface area contributed by atoms with Crippen molar-refractivity contribution in [2.75, 3.05) is 10.6 Å². The molecular weight excluding hydrogens is 358 g/mol. The average molecular weight is 381 g/mol. The maximum absolute atomic E-state index is 12.7. The minimum Gasteiger partial charge on any atom is -0.480 e. The molecule has 146 valence electrons. The number of carbonyl (C=O) groups is 3. The maximum Gasteiger partial charge on any atom is 0.318 e. The number of carbonyl (C=O) groups excluding carboxylic acids is 2. The van der Waals surface area contributed by atoms with E-state index in [-0.39, 0.29) is 12.5 Å². The van der Waals surface area contributed by atoms with Gasteiger partial charge in [-0.15, -0.1) is 0 Å². The normalized spacial score (nSPS) is 15.4. The van der Waals surface area contributed by atoms with Crippen LogP contribution in [-0.2, 0) is 32.6 Å². The molecule has 3 rings (SSSR count). The summed E-state index contributed by atoms with van der Waals surface area (Å²) in [5.74, 6) is -0.971. The summed E-state index contributed by atoms with van der Waals surface area (Å²) in [7, 11) is 0. The van der Waals surface area contributed by atoms with E-state index in [1.165, 1.54) is 0 Å². The molecule has 0 saturated carbocycles. The second kappa shape index (κ2) is 7.82. The van der Waals surface area contributed by atoms with E-state index in [0.29, 0.717) is 48.2 Å². The molecule has 1 atom stereocenters. The van der Waals surface area contributed by atoms with Crippen LogP contribution in [0.15, 0.2) is 36.4 Å². The van der Waals surface area contributed by atoms with E-state index in [4.69, 9.17) is 5.73 Å². The van der Waals surface area contributed by atoms with Crippen molar-refractivity contribution in [1.82, 2.24) is 0 Å². The number of amides is 2. The van der Waals surface area contributed by atoms with Gasteiger partial charge in [-0.25, -0.2) is 0 Å². The molecule has 0 bridgehead atoms. The Morgan fingerprint density at radius 2 is 1.54 bits per heavy atom. The second-order valence-electron chi connectivity index (χ2n) is 7.16. The molecule has 0 spiro atoms. The van der Waals surface area contributed by atoms with Crippen molar-refractivity contribution in [2.45, 2.75) is 37.6 Å². The number of rotatable bonds is 7. The summed E-state index contributed by atoms with van der Waals surface area (Å²) in [4.78, 5) is 34.3. The van der Waals surface area contributed by atoms with Crippen molar-refractivity contribution < 1.29 is 19.5 Å². The van der Waals surface area contributed by atoms with Gasteiger partial charge in [-0.3, -0.25) is 14.4 Å². The molecule has 0 heterocycles. The third-order valence-corrected chi connectivity index (χ3v) is 5.24. The summed E-state index contributed by atoms with van der Waals surface area (Å²) in [5, 5.41) is 15.6. The number of aliphatic carboxylic acids is 1. The van der Waals surface area contributed by atoms with Crippen molar-refractivity contribution in [2.24, 2.45) is 5.73 Å². The Bertz CT molecular complexity index is 862. The van der Waals surface area contributed by atoms with Crippen LogP contribution in [0, 0.1) is 0 Å². The van der Waals surface area contributed by atoms with Gasteiger partial charge in [-0.05, 0) is 72.7 Å². The summed E-state index contributed by atoms with van der Waals surface area (Å²) in [6.07, 6.45) is 2.63. The lowest BCUT2D eigenvalue weighted by Gasteiger charge is -2.34. The van der Waals surface area contributed by atoms with Gasteiger partial charge in [0.25, 0.3) is 0 Å². The third-order valence-electron chi connectivity index (χ3n) is 5.24. The molecule has 0 fully saturated rings. The summed E-state index contributed by atoms with van der Waals surface area (Å²) >= 11 is 0. The largest absolute Gasteiger partial charge is 0.480 e. The number of carboxylic acid groups (broad SMARTS) is 1. The average Bonchev–Trinajstić information content (AvgIpc) is 2.77. The second-order valence-corrected chi connectivity index (χ2v) is 7.16. The zero-order valence-corrected chi connectivity index (χ0v) is 15.6. The van der Waals surface area contributed by atoms with E-state index in [2.05, 4.69) is 10.6 Å². The highest BCUT2D eigenvalue weighted by Crippen LogP contribution is 2.44. The number of carboxylic acids is 1. The molecule has 7 nitrogen and oxygen atoms in total. The molecule has 1 aliphatic rings. The molecule has 2 aromatic rings. The molecule has 5 N–H and O–H groups in total. The van der Waals surface area contributed by atoms with Gasteiger partial charge in [0.15, 0.2) is 0 Å². The molecule has 28 heavy (non-hydrogen) atoms. The molecule has 0 saturated heterocycles. The van der Waals surface area contributed by atoms with Crippen molar-refractivity contribution >= 4 is 30.2 Å². The minimum absolute atomic E-state index is 0.225. The zero-order chi connectivity index (χ0) is 20.3. The molecule has 1 aliphatic carbocycles. The summed E-state index contributed by atoms with van der Waals surface area (Å²) in [6.45, 7) is 1.79. The van der Waals surface area contributed by atoms with E-state index >= 15 is 0 Å². The van der Waals surface area contributed by atoms with E-state index in [0.717, 1.165) is 11.1 Å². The number of anilines is 2. The van der Waals surface area contributed by atoms with Crippen LogP contribution in [-0.4, -0.2) is 29.9 Å². The van der Waals surface area contributed by atoms with Crippen LogP contribution in [0.1, 0.15) is 35.6 Å². The number of aryl methyl sites for hydroxylation is 2. The number of hydrogen-bond donors (Lipinski definition) is 4. The fourth-order valence-electron chi connectivity index (χ4n) is 4.18. The highest BCUT2D eigenvalue weighted by Gasteiger charge is 2.46. The lowest BCUT2D eigenvalue weighted by molar-refractivity contribution is -0.142. The first-order chi connectivity index (χ1) is 13.4. The molecule has 0 aliphatic heterocycles. The monoisotopic (exact) mass is 381 g/mol. The number of nitrogens with one attached hydrogen (secondary N) is 2. The Balaban J connectivity index is 2.28. The SMILES string of the molecule is C[C@@H](N)CC1(C(=O)O)c2ccc(NC=O)cc2CCc2cc(NC=O)ccc21. The van der Waals surface area contributed by atoms with E-state index in [1.54, 1.807) is 31.2 Å². The van der Waals surface area contributed by atoms with Crippen molar-refractivity contribution in [3.63, 3.8) is 0 Å². The van der Waals surface area contributed by atoms with E-state index in [9.17, 15) is 19.5 Å². The molecular formula is C21H23N3O4. The number of hydrogen-bond acceptors (Lipinski definition) is 4. The first-order valence-electron chi connectivity index (χ1n) is 9.08. The first kappa shape index (κ1) is 19.6. The zero-order valence-electron chi connectivity index (χ0n) is 15.6. The summed E-state index contributed by atoms with van der Waals surface area (Å²) in [5.41, 5.74) is 9.09. The van der Waals surface area contributed by atoms with Gasteiger partial charge in [0.2, 0.25) is 12.8 Å². The smallest absolute Gasteiger partial charge is 0.318 e. The Labute approximate surface area is 162 Å². The summed E-state index contributed by atoms with van der Waals surface area (Å²) < 4.78 is 0. The number of fused-ring (bicyclic) bond motifs is 2. The van der Waals surface area contributed by atoms with Crippen molar-refractivity contribution in [3.05, 3.63) is 58.7 Å². The lowest BCUT2D eigenvalue weighted by atomic mass is 9.68. The van der Waals surface area contributed by atoms with Crippen LogP contribution in [0.5, 0.6) is 0 Å². The Hall–Kier alpha value is -3.19. The van der Waals surface area contributed by atoms with Crippen LogP contribution < -0.4 is 16.4 Å². The third kappa shape index (κ3) is 3.36. The van der Waals surface area contributed by atoms with Crippen LogP contribution in [0.4, 0.5) is 11.4 Å². The van der Waals surface area contributed by atoms with Gasteiger partial charge in [0, 0.05) is 17.4 Å². The van der Waals surface area contributed by atoms with Gasteiger partial charge in [-0.1, -0.05) is 12.1 Å². The standard InChI is InChI=1S/C21H23N3O4/c1-13(22)10-21(20(27)28)18-6-4-16(23-11-25)8-14(18)2-3-15-9-17(24-12-26)5-7-19(15)21/h4-9,11-13H,2-3,10,22H2,1H3,(H,23,25)(H,24,26)(H,27,28)/t13-/m1/s1. The molecule has 0 aromatic heterocycles. The van der Waals surface area contributed by atoms with Crippen molar-refractivity contribution in [3.8, 4) is 0 Å². The van der Waals surface area contributed by atoms with Gasteiger partial charge in [0.05, 0.1) is 0 Å². The topological polar surface area (TPSA) is 122 Å². The lowest BCUT2D eigenvalue weighted by Crippen LogP contribution is -2.42. The highest BCUT2D eigenvalue weighted by molar-refractivity contribution is 5.89. The Morgan fingerprint density at radius 3 is 1.89 bits per heavy atom. The van der Waals surface area contributed by atoms with E-state index < -0.39 is 11.4 Å². The number of benzene rings is 2.